The van der Waals surface area contributed by atoms with Crippen LogP contribution in [0.1, 0.15) is 35.2 Å². The van der Waals surface area contributed by atoms with Crippen LogP contribution in [0.3, 0.4) is 0 Å². The molecule has 0 aromatic heterocycles. The van der Waals surface area contributed by atoms with Crippen LogP contribution in [0.4, 0.5) is 0 Å². The summed E-state index contributed by atoms with van der Waals surface area (Å²) >= 11 is 0. The molecule has 3 N–H and O–H groups in total. The number of carboxylic acid groups (broad SMARTS) is 1. The SMILES string of the molecule is Cc1ccc(COc2ccccc2CC(=O)O)cc1-c1cccc(C(C)N)c1. The highest BCUT2D eigenvalue weighted by molar-refractivity contribution is 5.71. The van der Waals surface area contributed by atoms with Crippen molar-refractivity contribution in [1.29, 1.82) is 0 Å². The number of hydrogen-bond acceptors (Lipinski definition) is 3. The quantitative estimate of drug-likeness (QED) is 0.617. The summed E-state index contributed by atoms with van der Waals surface area (Å²) in [5, 5.41) is 9.07. The summed E-state index contributed by atoms with van der Waals surface area (Å²) in [6.45, 7) is 4.43. The molecule has 0 saturated carbocycles. The lowest BCUT2D eigenvalue weighted by Crippen LogP contribution is -2.05. The van der Waals surface area contributed by atoms with Crippen molar-refractivity contribution in [3.05, 3.63) is 89.0 Å². The van der Waals surface area contributed by atoms with Crippen LogP contribution in [0.5, 0.6) is 5.75 Å². The highest BCUT2D eigenvalue weighted by Crippen LogP contribution is 2.28. The molecule has 0 saturated heterocycles. The summed E-state index contributed by atoms with van der Waals surface area (Å²) in [4.78, 5) is 11.0. The Balaban J connectivity index is 1.83. The first kappa shape index (κ1) is 19.6. The van der Waals surface area contributed by atoms with Crippen molar-refractivity contribution < 1.29 is 14.6 Å². The lowest BCUT2D eigenvalue weighted by Gasteiger charge is -2.14. The maximum atomic E-state index is 11.0. The molecule has 0 heterocycles. The summed E-state index contributed by atoms with van der Waals surface area (Å²) in [5.74, 6) is -0.270. The minimum absolute atomic E-state index is 0.0162. The van der Waals surface area contributed by atoms with Gasteiger partial charge in [0.05, 0.1) is 6.42 Å². The van der Waals surface area contributed by atoms with Crippen LogP contribution in [0, 0.1) is 6.92 Å². The smallest absolute Gasteiger partial charge is 0.307 e. The molecule has 0 radical (unpaired) electrons. The molecule has 0 spiro atoms. The van der Waals surface area contributed by atoms with Crippen molar-refractivity contribution in [2.45, 2.75) is 32.9 Å². The van der Waals surface area contributed by atoms with E-state index in [1.165, 1.54) is 5.56 Å². The highest BCUT2D eigenvalue weighted by Gasteiger charge is 2.09. The number of carbonyl (C=O) groups is 1. The summed E-state index contributed by atoms with van der Waals surface area (Å²) in [7, 11) is 0. The summed E-state index contributed by atoms with van der Waals surface area (Å²) < 4.78 is 5.93. The first-order valence-corrected chi connectivity index (χ1v) is 9.32. The number of para-hydroxylation sites is 1. The Morgan fingerprint density at radius 2 is 1.86 bits per heavy atom. The second-order valence-corrected chi connectivity index (χ2v) is 7.03. The fourth-order valence-corrected chi connectivity index (χ4v) is 3.17. The molecule has 3 rings (SSSR count). The van der Waals surface area contributed by atoms with Crippen LogP contribution in [0.2, 0.25) is 0 Å². The summed E-state index contributed by atoms with van der Waals surface area (Å²) in [5.41, 5.74) is 12.3. The third-order valence-corrected chi connectivity index (χ3v) is 4.73. The molecule has 0 bridgehead atoms. The molecular weight excluding hydrogens is 350 g/mol. The van der Waals surface area contributed by atoms with Crippen LogP contribution in [-0.2, 0) is 17.8 Å². The number of nitrogens with two attached hydrogens (primary N) is 1. The second-order valence-electron chi connectivity index (χ2n) is 7.03. The van der Waals surface area contributed by atoms with E-state index in [1.54, 1.807) is 12.1 Å². The van der Waals surface area contributed by atoms with Gasteiger partial charge in [-0.25, -0.2) is 0 Å². The molecule has 144 valence electrons. The molecule has 3 aromatic carbocycles. The minimum atomic E-state index is -0.873. The molecule has 4 heteroatoms. The van der Waals surface area contributed by atoms with Gasteiger partial charge in [0.2, 0.25) is 0 Å². The van der Waals surface area contributed by atoms with Gasteiger partial charge in [-0.3, -0.25) is 4.79 Å². The van der Waals surface area contributed by atoms with E-state index < -0.39 is 5.97 Å². The third kappa shape index (κ3) is 4.78. The monoisotopic (exact) mass is 375 g/mol. The van der Waals surface area contributed by atoms with Gasteiger partial charge in [-0.2, -0.15) is 0 Å². The molecule has 28 heavy (non-hydrogen) atoms. The number of ether oxygens (including phenoxy) is 1. The first-order valence-electron chi connectivity index (χ1n) is 9.32. The topological polar surface area (TPSA) is 72.5 Å². The normalized spacial score (nSPS) is 11.8. The van der Waals surface area contributed by atoms with Crippen molar-refractivity contribution in [3.8, 4) is 16.9 Å². The number of hydrogen-bond donors (Lipinski definition) is 2. The standard InChI is InChI=1S/C24H25NO3/c1-16-10-11-18(12-22(16)20-8-5-7-19(13-20)17(2)25)15-28-23-9-4-3-6-21(23)14-24(26)27/h3-13,17H,14-15,25H2,1-2H3,(H,26,27). The van der Waals surface area contributed by atoms with Crippen LogP contribution >= 0.6 is 0 Å². The fraction of sp³-hybridized carbons (Fsp3) is 0.208. The highest BCUT2D eigenvalue weighted by atomic mass is 16.5. The van der Waals surface area contributed by atoms with Gasteiger partial charge in [0.1, 0.15) is 12.4 Å². The lowest BCUT2D eigenvalue weighted by atomic mass is 9.95. The molecule has 0 aliphatic heterocycles. The van der Waals surface area contributed by atoms with E-state index in [0.29, 0.717) is 17.9 Å². The largest absolute Gasteiger partial charge is 0.489 e. The molecule has 0 amide bonds. The van der Waals surface area contributed by atoms with Crippen molar-refractivity contribution in [2.75, 3.05) is 0 Å². The van der Waals surface area contributed by atoms with Crippen LogP contribution in [0.25, 0.3) is 11.1 Å². The summed E-state index contributed by atoms with van der Waals surface area (Å²) in [6, 6.07) is 21.7. The predicted octanol–water partition coefficient (Wildman–Crippen LogP) is 4.89. The van der Waals surface area contributed by atoms with E-state index in [0.717, 1.165) is 22.3 Å². The van der Waals surface area contributed by atoms with Gasteiger partial charge in [0.25, 0.3) is 0 Å². The molecule has 0 fully saturated rings. The molecule has 4 nitrogen and oxygen atoms in total. The summed E-state index contributed by atoms with van der Waals surface area (Å²) in [6.07, 6.45) is -0.0562. The zero-order valence-corrected chi connectivity index (χ0v) is 16.2. The molecule has 3 aromatic rings. The van der Waals surface area contributed by atoms with Crippen LogP contribution < -0.4 is 10.5 Å². The van der Waals surface area contributed by atoms with E-state index in [-0.39, 0.29) is 12.5 Å². The van der Waals surface area contributed by atoms with Crippen molar-refractivity contribution in [2.24, 2.45) is 5.73 Å². The molecule has 0 aliphatic rings. The predicted molar refractivity (Wildman–Crippen MR) is 111 cm³/mol. The van der Waals surface area contributed by atoms with Crippen LogP contribution in [0.15, 0.2) is 66.7 Å². The number of aryl methyl sites for hydroxylation is 1. The fourth-order valence-electron chi connectivity index (χ4n) is 3.17. The molecule has 0 aliphatic carbocycles. The van der Waals surface area contributed by atoms with Gasteiger partial charge in [-0.15, -0.1) is 0 Å². The van der Waals surface area contributed by atoms with Gasteiger partial charge in [-0.1, -0.05) is 48.5 Å². The maximum Gasteiger partial charge on any atom is 0.307 e. The average Bonchev–Trinajstić information content (AvgIpc) is 2.68. The van der Waals surface area contributed by atoms with Gasteiger partial charge < -0.3 is 15.6 Å². The Hall–Kier alpha value is -3.11. The zero-order chi connectivity index (χ0) is 20.1. The van der Waals surface area contributed by atoms with Gasteiger partial charge in [0.15, 0.2) is 0 Å². The van der Waals surface area contributed by atoms with E-state index >= 15 is 0 Å². The number of carboxylic acids is 1. The van der Waals surface area contributed by atoms with Crippen molar-refractivity contribution in [3.63, 3.8) is 0 Å². The Morgan fingerprint density at radius 3 is 2.61 bits per heavy atom. The zero-order valence-electron chi connectivity index (χ0n) is 16.2. The van der Waals surface area contributed by atoms with Crippen LogP contribution in [-0.4, -0.2) is 11.1 Å². The van der Waals surface area contributed by atoms with Gasteiger partial charge in [-0.05, 0) is 59.9 Å². The first-order chi connectivity index (χ1) is 13.4. The van der Waals surface area contributed by atoms with E-state index in [1.807, 2.05) is 37.3 Å². The van der Waals surface area contributed by atoms with Crippen molar-refractivity contribution in [1.82, 2.24) is 0 Å². The maximum absolute atomic E-state index is 11.0. The molecule has 1 unspecified atom stereocenters. The molecular formula is C24H25NO3. The Kier molecular flexibility index (Phi) is 6.12. The Labute approximate surface area is 165 Å². The Morgan fingerprint density at radius 1 is 1.07 bits per heavy atom. The number of benzene rings is 3. The number of aliphatic carboxylic acids is 1. The van der Waals surface area contributed by atoms with E-state index in [2.05, 4.69) is 31.2 Å². The van der Waals surface area contributed by atoms with Gasteiger partial charge in [0, 0.05) is 11.6 Å². The van der Waals surface area contributed by atoms with E-state index in [4.69, 9.17) is 15.6 Å². The molecule has 1 atom stereocenters. The minimum Gasteiger partial charge on any atom is -0.489 e. The Bertz CT molecular complexity index is 979. The third-order valence-electron chi connectivity index (χ3n) is 4.73. The van der Waals surface area contributed by atoms with E-state index in [9.17, 15) is 4.79 Å². The van der Waals surface area contributed by atoms with Crippen molar-refractivity contribution >= 4 is 5.97 Å². The number of rotatable bonds is 7. The lowest BCUT2D eigenvalue weighted by molar-refractivity contribution is -0.136. The average molecular weight is 375 g/mol. The van der Waals surface area contributed by atoms with Gasteiger partial charge >= 0.3 is 5.97 Å². The second kappa shape index (κ2) is 8.72.